The number of nitrogens with zero attached hydrogens (tertiary/aromatic N) is 1. The topological polar surface area (TPSA) is 51.2 Å². The minimum absolute atomic E-state index is 0.118. The molecule has 0 saturated heterocycles. The fourth-order valence-electron chi connectivity index (χ4n) is 3.11. The SMILES string of the molecule is C=CC(=O)NC1(c2ccc(-c3cncc(OCC)c3)cc2)CCC1. The number of carbonyl (C=O) groups excluding carboxylic acids is 1. The van der Waals surface area contributed by atoms with E-state index >= 15 is 0 Å². The molecule has 0 spiro atoms. The Labute approximate surface area is 142 Å². The predicted octanol–water partition coefficient (Wildman–Crippen LogP) is 3.83. The molecule has 0 atom stereocenters. The Morgan fingerprint density at radius 1 is 1.29 bits per heavy atom. The lowest BCUT2D eigenvalue weighted by molar-refractivity contribution is -0.119. The van der Waals surface area contributed by atoms with Crippen molar-refractivity contribution in [1.29, 1.82) is 0 Å². The van der Waals surface area contributed by atoms with E-state index < -0.39 is 0 Å². The van der Waals surface area contributed by atoms with Crippen molar-refractivity contribution in [3.8, 4) is 16.9 Å². The Morgan fingerprint density at radius 2 is 2.04 bits per heavy atom. The monoisotopic (exact) mass is 322 g/mol. The molecule has 1 N–H and O–H groups in total. The van der Waals surface area contributed by atoms with Crippen molar-refractivity contribution >= 4 is 5.91 Å². The minimum atomic E-state index is -0.241. The van der Waals surface area contributed by atoms with E-state index in [9.17, 15) is 4.79 Å². The van der Waals surface area contributed by atoms with Gasteiger partial charge in [0.1, 0.15) is 5.75 Å². The molecule has 1 aromatic heterocycles. The highest BCUT2D eigenvalue weighted by molar-refractivity contribution is 5.87. The number of hydrogen-bond donors (Lipinski definition) is 1. The van der Waals surface area contributed by atoms with E-state index in [4.69, 9.17) is 4.74 Å². The molecular weight excluding hydrogens is 300 g/mol. The van der Waals surface area contributed by atoms with Gasteiger partial charge in [-0.1, -0.05) is 30.8 Å². The molecule has 1 heterocycles. The van der Waals surface area contributed by atoms with Crippen LogP contribution in [0.4, 0.5) is 0 Å². The van der Waals surface area contributed by atoms with E-state index in [2.05, 4.69) is 41.1 Å². The van der Waals surface area contributed by atoms with Crippen LogP contribution in [-0.4, -0.2) is 17.5 Å². The largest absolute Gasteiger partial charge is 0.492 e. The highest BCUT2D eigenvalue weighted by Gasteiger charge is 2.39. The van der Waals surface area contributed by atoms with Crippen LogP contribution < -0.4 is 10.1 Å². The number of carbonyl (C=O) groups is 1. The van der Waals surface area contributed by atoms with Crippen molar-refractivity contribution < 1.29 is 9.53 Å². The van der Waals surface area contributed by atoms with Gasteiger partial charge in [0.25, 0.3) is 0 Å². The molecule has 0 bridgehead atoms. The van der Waals surface area contributed by atoms with Gasteiger partial charge in [-0.3, -0.25) is 9.78 Å². The Balaban J connectivity index is 1.84. The summed E-state index contributed by atoms with van der Waals surface area (Å²) in [7, 11) is 0. The smallest absolute Gasteiger partial charge is 0.244 e. The molecule has 0 aliphatic heterocycles. The molecule has 1 aliphatic carbocycles. The van der Waals surface area contributed by atoms with Gasteiger partial charge in [0.05, 0.1) is 18.3 Å². The minimum Gasteiger partial charge on any atom is -0.492 e. The van der Waals surface area contributed by atoms with Gasteiger partial charge in [-0.25, -0.2) is 0 Å². The van der Waals surface area contributed by atoms with Crippen LogP contribution in [0.5, 0.6) is 5.75 Å². The molecule has 24 heavy (non-hydrogen) atoms. The van der Waals surface area contributed by atoms with Crippen molar-refractivity contribution in [3.63, 3.8) is 0 Å². The van der Waals surface area contributed by atoms with Gasteiger partial charge in [-0.05, 0) is 49.5 Å². The third kappa shape index (κ3) is 3.18. The highest BCUT2D eigenvalue weighted by Crippen LogP contribution is 2.41. The van der Waals surface area contributed by atoms with Gasteiger partial charge in [-0.2, -0.15) is 0 Å². The number of aromatic nitrogens is 1. The van der Waals surface area contributed by atoms with Crippen molar-refractivity contribution in [2.75, 3.05) is 6.61 Å². The first-order valence-corrected chi connectivity index (χ1v) is 8.30. The number of hydrogen-bond acceptors (Lipinski definition) is 3. The summed E-state index contributed by atoms with van der Waals surface area (Å²) in [5, 5.41) is 3.09. The van der Waals surface area contributed by atoms with Crippen molar-refractivity contribution in [1.82, 2.24) is 10.3 Å². The van der Waals surface area contributed by atoms with Gasteiger partial charge in [0.2, 0.25) is 5.91 Å². The summed E-state index contributed by atoms with van der Waals surface area (Å²) < 4.78 is 5.51. The second-order valence-electron chi connectivity index (χ2n) is 6.05. The average molecular weight is 322 g/mol. The van der Waals surface area contributed by atoms with Crippen LogP contribution >= 0.6 is 0 Å². The summed E-state index contributed by atoms with van der Waals surface area (Å²) in [6, 6.07) is 10.3. The Kier molecular flexibility index (Phi) is 4.65. The molecule has 1 aromatic carbocycles. The number of nitrogens with one attached hydrogen (secondary N) is 1. The molecule has 1 fully saturated rings. The molecule has 4 heteroatoms. The highest BCUT2D eigenvalue weighted by atomic mass is 16.5. The molecule has 2 aromatic rings. The number of benzene rings is 1. The van der Waals surface area contributed by atoms with Gasteiger partial charge in [0.15, 0.2) is 0 Å². The van der Waals surface area contributed by atoms with E-state index in [0.29, 0.717) is 6.61 Å². The maximum absolute atomic E-state index is 11.7. The van der Waals surface area contributed by atoms with Crippen LogP contribution in [0.25, 0.3) is 11.1 Å². The predicted molar refractivity (Wildman–Crippen MR) is 94.7 cm³/mol. The summed E-state index contributed by atoms with van der Waals surface area (Å²) >= 11 is 0. The molecule has 4 nitrogen and oxygen atoms in total. The van der Waals surface area contributed by atoms with Gasteiger partial charge in [-0.15, -0.1) is 0 Å². The fourth-order valence-corrected chi connectivity index (χ4v) is 3.11. The van der Waals surface area contributed by atoms with Crippen molar-refractivity contribution in [2.45, 2.75) is 31.7 Å². The third-order valence-corrected chi connectivity index (χ3v) is 4.55. The molecule has 0 unspecified atom stereocenters. The van der Waals surface area contributed by atoms with Crippen LogP contribution in [0.2, 0.25) is 0 Å². The van der Waals surface area contributed by atoms with Crippen LogP contribution in [0.15, 0.2) is 55.4 Å². The number of ether oxygens (including phenoxy) is 1. The zero-order valence-corrected chi connectivity index (χ0v) is 13.9. The zero-order valence-electron chi connectivity index (χ0n) is 13.9. The second kappa shape index (κ2) is 6.87. The second-order valence-corrected chi connectivity index (χ2v) is 6.05. The summed E-state index contributed by atoms with van der Waals surface area (Å²) in [5.74, 6) is 0.653. The first-order chi connectivity index (χ1) is 11.7. The molecule has 3 rings (SSSR count). The zero-order chi connectivity index (χ0) is 17.0. The van der Waals surface area contributed by atoms with E-state index in [1.165, 1.54) is 6.08 Å². The summed E-state index contributed by atoms with van der Waals surface area (Å²) in [5.41, 5.74) is 3.00. The van der Waals surface area contributed by atoms with Gasteiger partial charge in [0, 0.05) is 11.8 Å². The molecule has 1 aliphatic rings. The maximum Gasteiger partial charge on any atom is 0.244 e. The van der Waals surface area contributed by atoms with Crippen LogP contribution in [-0.2, 0) is 10.3 Å². The van der Waals surface area contributed by atoms with Gasteiger partial charge >= 0.3 is 0 Å². The fraction of sp³-hybridized carbons (Fsp3) is 0.300. The Morgan fingerprint density at radius 3 is 2.62 bits per heavy atom. The number of pyridine rings is 1. The number of amides is 1. The van der Waals surface area contributed by atoms with E-state index in [1.807, 2.05) is 19.2 Å². The maximum atomic E-state index is 11.7. The lowest BCUT2D eigenvalue weighted by atomic mass is 9.71. The summed E-state index contributed by atoms with van der Waals surface area (Å²) in [4.78, 5) is 16.0. The first-order valence-electron chi connectivity index (χ1n) is 8.30. The van der Waals surface area contributed by atoms with E-state index in [0.717, 1.165) is 41.7 Å². The van der Waals surface area contributed by atoms with Crippen LogP contribution in [0.3, 0.4) is 0 Å². The quantitative estimate of drug-likeness (QED) is 0.822. The lowest BCUT2D eigenvalue weighted by Gasteiger charge is -2.43. The Hall–Kier alpha value is -2.62. The van der Waals surface area contributed by atoms with Gasteiger partial charge < -0.3 is 10.1 Å². The summed E-state index contributed by atoms with van der Waals surface area (Å²) in [6.07, 6.45) is 7.94. The van der Waals surface area contributed by atoms with Crippen LogP contribution in [0.1, 0.15) is 31.7 Å². The normalized spacial score (nSPS) is 15.2. The molecular formula is C20H22N2O2. The van der Waals surface area contributed by atoms with E-state index in [1.54, 1.807) is 6.20 Å². The molecule has 1 amide bonds. The molecule has 1 saturated carbocycles. The lowest BCUT2D eigenvalue weighted by Crippen LogP contribution is -2.50. The van der Waals surface area contributed by atoms with Crippen molar-refractivity contribution in [3.05, 3.63) is 60.9 Å². The first kappa shape index (κ1) is 16.2. The Bertz CT molecular complexity index is 734. The summed E-state index contributed by atoms with van der Waals surface area (Å²) in [6.45, 7) is 6.12. The third-order valence-electron chi connectivity index (χ3n) is 4.55. The van der Waals surface area contributed by atoms with E-state index in [-0.39, 0.29) is 11.4 Å². The number of rotatable bonds is 6. The standard InChI is InChI=1S/C20H22N2O2/c1-3-19(23)22-20(10-5-11-20)17-8-6-15(7-9-17)16-12-18(24-4-2)14-21-13-16/h3,6-9,12-14H,1,4-5,10-11H2,2H3,(H,22,23). The van der Waals surface area contributed by atoms with Crippen molar-refractivity contribution in [2.24, 2.45) is 0 Å². The van der Waals surface area contributed by atoms with Crippen LogP contribution in [0, 0.1) is 0 Å². The molecule has 124 valence electrons. The molecule has 0 radical (unpaired) electrons. The average Bonchev–Trinajstić information content (AvgIpc) is 2.59.